The molecule has 12 heavy (non-hydrogen) atoms. The Morgan fingerprint density at radius 3 is 2.42 bits per heavy atom. The predicted octanol–water partition coefficient (Wildman–Crippen LogP) is -0.787. The summed E-state index contributed by atoms with van der Waals surface area (Å²) in [7, 11) is 2.85. The van der Waals surface area contributed by atoms with E-state index in [9.17, 15) is 4.79 Å². The van der Waals surface area contributed by atoms with Gasteiger partial charge in [0.2, 0.25) is 0 Å². The van der Waals surface area contributed by atoms with E-state index >= 15 is 0 Å². The number of rotatable bonds is 6. The van der Waals surface area contributed by atoms with Gasteiger partial charge in [-0.05, 0) is 6.42 Å². The van der Waals surface area contributed by atoms with Gasteiger partial charge in [0.15, 0.2) is 0 Å². The molecule has 0 saturated heterocycles. The second kappa shape index (κ2) is 5.90. The van der Waals surface area contributed by atoms with Crippen LogP contribution in [0, 0.1) is 0 Å². The molecule has 1 unspecified atom stereocenters. The van der Waals surface area contributed by atoms with Crippen LogP contribution in [0.2, 0.25) is 0 Å². The highest BCUT2D eigenvalue weighted by molar-refractivity contribution is 5.72. The summed E-state index contributed by atoms with van der Waals surface area (Å²) in [5, 5.41) is 9.57. The molecule has 3 N–H and O–H groups in total. The lowest BCUT2D eigenvalue weighted by molar-refractivity contribution is -0.342. The predicted molar refractivity (Wildman–Crippen MR) is 41.0 cm³/mol. The molecule has 0 fully saturated rings. The summed E-state index contributed by atoms with van der Waals surface area (Å²) in [6.07, 6.45) is 0.275. The van der Waals surface area contributed by atoms with Crippen molar-refractivity contribution in [1.82, 2.24) is 5.23 Å². The van der Waals surface area contributed by atoms with E-state index in [1.54, 1.807) is 0 Å². The van der Waals surface area contributed by atoms with E-state index in [1.807, 2.05) is 0 Å². The van der Waals surface area contributed by atoms with Crippen LogP contribution in [-0.2, 0) is 14.5 Å². The Labute approximate surface area is 70.8 Å². The van der Waals surface area contributed by atoms with Crippen molar-refractivity contribution in [2.45, 2.75) is 12.5 Å². The van der Waals surface area contributed by atoms with Crippen LogP contribution in [0.4, 0.5) is 0 Å². The van der Waals surface area contributed by atoms with Gasteiger partial charge < -0.3 is 10.8 Å². The number of hydrogen-bond acceptors (Lipinski definition) is 5. The van der Waals surface area contributed by atoms with Crippen LogP contribution in [0.15, 0.2) is 0 Å². The molecule has 0 aromatic rings. The zero-order valence-electron chi connectivity index (χ0n) is 7.19. The Bertz CT molecular complexity index is 138. The average Bonchev–Trinajstić information content (AvgIpc) is 2.05. The topological polar surface area (TPSA) is 85.0 Å². The highest BCUT2D eigenvalue weighted by Gasteiger charge is 2.13. The first kappa shape index (κ1) is 11.3. The fraction of sp³-hybridized carbons (Fsp3) is 0.833. The molecule has 0 spiro atoms. The van der Waals surface area contributed by atoms with Gasteiger partial charge in [-0.15, -0.1) is 0 Å². The van der Waals surface area contributed by atoms with E-state index < -0.39 is 12.0 Å². The smallest absolute Gasteiger partial charge is 0.320 e. The summed E-state index contributed by atoms with van der Waals surface area (Å²) in [5.41, 5.74) is 5.24. The first-order valence-electron chi connectivity index (χ1n) is 3.46. The van der Waals surface area contributed by atoms with Crippen LogP contribution in [0.25, 0.3) is 0 Å². The zero-order chi connectivity index (χ0) is 9.56. The number of nitrogens with zero attached hydrogens (tertiary/aromatic N) is 1. The van der Waals surface area contributed by atoms with Gasteiger partial charge in [0.25, 0.3) is 0 Å². The average molecular weight is 178 g/mol. The number of carboxylic acids is 1. The first-order valence-corrected chi connectivity index (χ1v) is 3.46. The molecule has 0 saturated carbocycles. The van der Waals surface area contributed by atoms with Crippen LogP contribution in [0.5, 0.6) is 0 Å². The summed E-state index contributed by atoms with van der Waals surface area (Å²) in [4.78, 5) is 19.6. The van der Waals surface area contributed by atoms with Gasteiger partial charge in [0.1, 0.15) is 6.04 Å². The molecule has 0 amide bonds. The molecular formula is C6H14N2O4. The molecule has 0 heterocycles. The van der Waals surface area contributed by atoms with Crippen LogP contribution < -0.4 is 5.73 Å². The molecule has 0 aliphatic rings. The van der Waals surface area contributed by atoms with Crippen LogP contribution in [-0.4, -0.2) is 43.1 Å². The van der Waals surface area contributed by atoms with Gasteiger partial charge in [0.05, 0.1) is 20.8 Å². The molecule has 0 radical (unpaired) electrons. The second-order valence-corrected chi connectivity index (χ2v) is 2.15. The first-order chi connectivity index (χ1) is 5.61. The van der Waals surface area contributed by atoms with E-state index in [4.69, 9.17) is 20.5 Å². The van der Waals surface area contributed by atoms with Crippen molar-refractivity contribution in [2.24, 2.45) is 5.73 Å². The van der Waals surface area contributed by atoms with Gasteiger partial charge in [-0.2, -0.15) is 0 Å². The van der Waals surface area contributed by atoms with Crippen molar-refractivity contribution < 1.29 is 19.6 Å². The van der Waals surface area contributed by atoms with E-state index in [2.05, 4.69) is 0 Å². The van der Waals surface area contributed by atoms with Crippen LogP contribution >= 0.6 is 0 Å². The summed E-state index contributed by atoms with van der Waals surface area (Å²) in [6, 6.07) is -0.877. The molecule has 0 aromatic heterocycles. The molecule has 0 aromatic carbocycles. The molecule has 0 aliphatic heterocycles. The van der Waals surface area contributed by atoms with E-state index in [0.717, 1.165) is 5.23 Å². The Hall–Kier alpha value is -0.690. The number of carboxylic acid groups (broad SMARTS) is 1. The Balaban J connectivity index is 3.58. The molecule has 6 nitrogen and oxygen atoms in total. The number of nitrogens with two attached hydrogens (primary N) is 1. The minimum atomic E-state index is -1.03. The SMILES string of the molecule is CON(CCC(N)C(=O)O)OC. The normalized spacial score (nSPS) is 13.3. The summed E-state index contributed by atoms with van der Waals surface area (Å²) >= 11 is 0. The Morgan fingerprint density at radius 1 is 1.58 bits per heavy atom. The molecule has 1 atom stereocenters. The van der Waals surface area contributed by atoms with Gasteiger partial charge in [0, 0.05) is 0 Å². The van der Waals surface area contributed by atoms with Gasteiger partial charge in [-0.25, -0.2) is 0 Å². The zero-order valence-corrected chi connectivity index (χ0v) is 7.19. The lowest BCUT2D eigenvalue weighted by Gasteiger charge is -2.16. The van der Waals surface area contributed by atoms with Crippen molar-refractivity contribution in [1.29, 1.82) is 0 Å². The van der Waals surface area contributed by atoms with Crippen molar-refractivity contribution >= 4 is 5.97 Å². The van der Waals surface area contributed by atoms with Crippen molar-refractivity contribution in [3.8, 4) is 0 Å². The maximum Gasteiger partial charge on any atom is 0.320 e. The second-order valence-electron chi connectivity index (χ2n) is 2.15. The third-order valence-electron chi connectivity index (χ3n) is 1.35. The quantitative estimate of drug-likeness (QED) is 0.519. The molecule has 72 valence electrons. The Morgan fingerprint density at radius 2 is 2.08 bits per heavy atom. The van der Waals surface area contributed by atoms with Crippen molar-refractivity contribution in [2.75, 3.05) is 20.8 Å². The molecule has 0 bridgehead atoms. The van der Waals surface area contributed by atoms with Crippen molar-refractivity contribution in [3.63, 3.8) is 0 Å². The van der Waals surface area contributed by atoms with E-state index in [0.29, 0.717) is 6.54 Å². The summed E-state index contributed by atoms with van der Waals surface area (Å²) < 4.78 is 0. The molecule has 0 aliphatic carbocycles. The lowest BCUT2D eigenvalue weighted by atomic mass is 10.2. The summed E-state index contributed by atoms with van der Waals surface area (Å²) in [6.45, 7) is 0.320. The maximum atomic E-state index is 10.3. The highest BCUT2D eigenvalue weighted by Crippen LogP contribution is 1.94. The molecular weight excluding hydrogens is 164 g/mol. The lowest BCUT2D eigenvalue weighted by Crippen LogP contribution is -2.34. The standard InChI is InChI=1S/C6H14N2O4/c1-11-8(12-2)4-3-5(7)6(9)10/h5H,3-4,7H2,1-2H3,(H,9,10). The third kappa shape index (κ3) is 4.24. The highest BCUT2D eigenvalue weighted by atomic mass is 16.9. The minimum Gasteiger partial charge on any atom is -0.480 e. The monoisotopic (exact) mass is 178 g/mol. The fourth-order valence-corrected chi connectivity index (χ4v) is 0.625. The number of hydrogen-bond donors (Lipinski definition) is 2. The molecule has 0 rings (SSSR count). The summed E-state index contributed by atoms with van der Waals surface area (Å²) in [5.74, 6) is -1.03. The maximum absolute atomic E-state index is 10.3. The number of aliphatic carboxylic acids is 1. The van der Waals surface area contributed by atoms with Crippen LogP contribution in [0.1, 0.15) is 6.42 Å². The van der Waals surface area contributed by atoms with Gasteiger partial charge in [-0.1, -0.05) is 5.23 Å². The van der Waals surface area contributed by atoms with E-state index in [-0.39, 0.29) is 6.42 Å². The largest absolute Gasteiger partial charge is 0.480 e. The minimum absolute atomic E-state index is 0.275. The number of carbonyl (C=O) groups is 1. The fourth-order valence-electron chi connectivity index (χ4n) is 0.625. The third-order valence-corrected chi connectivity index (χ3v) is 1.35. The van der Waals surface area contributed by atoms with E-state index in [1.165, 1.54) is 14.2 Å². The van der Waals surface area contributed by atoms with Crippen molar-refractivity contribution in [3.05, 3.63) is 0 Å². The van der Waals surface area contributed by atoms with Gasteiger partial charge in [-0.3, -0.25) is 14.5 Å². The number of hydroxylamine groups is 2. The van der Waals surface area contributed by atoms with Crippen LogP contribution in [0.3, 0.4) is 0 Å². The Kier molecular flexibility index (Phi) is 5.56. The van der Waals surface area contributed by atoms with Gasteiger partial charge >= 0.3 is 5.97 Å². The molecule has 6 heteroatoms.